The van der Waals surface area contributed by atoms with Gasteiger partial charge in [0.25, 0.3) is 0 Å². The van der Waals surface area contributed by atoms with Gasteiger partial charge in [-0.05, 0) is 48.4 Å². The molecule has 0 radical (unpaired) electrons. The predicted octanol–water partition coefficient (Wildman–Crippen LogP) is 3.15. The van der Waals surface area contributed by atoms with Gasteiger partial charge in [0.15, 0.2) is 0 Å². The minimum atomic E-state index is -3.59. The molecule has 1 N–H and O–H groups in total. The Bertz CT molecular complexity index is 776. The number of hydrogen-bond donors (Lipinski definition) is 1. The summed E-state index contributed by atoms with van der Waals surface area (Å²) in [5, 5.41) is 0.510. The predicted molar refractivity (Wildman–Crippen MR) is 94.0 cm³/mol. The van der Waals surface area contributed by atoms with E-state index < -0.39 is 10.0 Å². The fourth-order valence-corrected chi connectivity index (χ4v) is 3.59. The average Bonchev–Trinajstić information content (AvgIpc) is 2.54. The molecule has 130 valence electrons. The van der Waals surface area contributed by atoms with Crippen molar-refractivity contribution in [1.82, 2.24) is 4.72 Å². The molecule has 0 unspecified atom stereocenters. The zero-order valence-corrected chi connectivity index (χ0v) is 15.2. The van der Waals surface area contributed by atoms with Crippen molar-refractivity contribution in [2.45, 2.75) is 18.4 Å². The summed E-state index contributed by atoms with van der Waals surface area (Å²) >= 11 is 5.87. The monoisotopic (exact) mass is 369 g/mol. The Balaban J connectivity index is 1.99. The van der Waals surface area contributed by atoms with Crippen molar-refractivity contribution in [3.63, 3.8) is 0 Å². The van der Waals surface area contributed by atoms with Crippen LogP contribution in [-0.2, 0) is 21.3 Å². The minimum absolute atomic E-state index is 0.197. The van der Waals surface area contributed by atoms with E-state index in [-0.39, 0.29) is 11.4 Å². The van der Waals surface area contributed by atoms with Crippen LogP contribution in [0.15, 0.2) is 47.4 Å². The molecule has 0 aliphatic rings. The summed E-state index contributed by atoms with van der Waals surface area (Å²) in [5.41, 5.74) is 1.45. The van der Waals surface area contributed by atoms with Crippen molar-refractivity contribution in [3.8, 4) is 5.75 Å². The van der Waals surface area contributed by atoms with E-state index in [0.717, 1.165) is 5.56 Å². The number of halogens is 1. The van der Waals surface area contributed by atoms with Crippen LogP contribution in [0, 0.1) is 6.92 Å². The van der Waals surface area contributed by atoms with Gasteiger partial charge in [-0.1, -0.05) is 23.7 Å². The molecule has 0 amide bonds. The van der Waals surface area contributed by atoms with Crippen LogP contribution < -0.4 is 9.46 Å². The van der Waals surface area contributed by atoms with E-state index in [1.54, 1.807) is 38.3 Å². The van der Waals surface area contributed by atoms with Crippen LogP contribution in [0.25, 0.3) is 0 Å². The lowest BCUT2D eigenvalue weighted by Crippen LogP contribution is -2.24. The highest BCUT2D eigenvalue weighted by atomic mass is 35.5. The van der Waals surface area contributed by atoms with Crippen molar-refractivity contribution in [2.24, 2.45) is 0 Å². The molecule has 24 heavy (non-hydrogen) atoms. The van der Waals surface area contributed by atoms with E-state index in [9.17, 15) is 8.42 Å². The lowest BCUT2D eigenvalue weighted by atomic mass is 10.2. The molecule has 0 spiro atoms. The van der Waals surface area contributed by atoms with Crippen molar-refractivity contribution < 1.29 is 17.9 Å². The number of rotatable bonds is 8. The molecule has 0 fully saturated rings. The first-order valence-electron chi connectivity index (χ1n) is 7.39. The fraction of sp³-hybridized carbons (Fsp3) is 0.294. The lowest BCUT2D eigenvalue weighted by molar-refractivity contribution is 0.146. The van der Waals surface area contributed by atoms with Crippen molar-refractivity contribution >= 4 is 21.6 Å². The largest absolute Gasteiger partial charge is 0.491 e. The highest BCUT2D eigenvalue weighted by Crippen LogP contribution is 2.20. The van der Waals surface area contributed by atoms with E-state index in [1.807, 2.05) is 12.1 Å². The third-order valence-corrected chi connectivity index (χ3v) is 5.17. The van der Waals surface area contributed by atoms with Gasteiger partial charge in [-0.25, -0.2) is 13.1 Å². The number of hydrogen-bond acceptors (Lipinski definition) is 4. The average molecular weight is 370 g/mol. The molecule has 0 aliphatic carbocycles. The maximum Gasteiger partial charge on any atom is 0.241 e. The van der Waals surface area contributed by atoms with Crippen LogP contribution in [0.4, 0.5) is 0 Å². The first-order valence-corrected chi connectivity index (χ1v) is 9.25. The second-order valence-electron chi connectivity index (χ2n) is 5.22. The van der Waals surface area contributed by atoms with E-state index in [4.69, 9.17) is 21.1 Å². The second-order valence-corrected chi connectivity index (χ2v) is 7.39. The number of ether oxygens (including phenoxy) is 2. The minimum Gasteiger partial charge on any atom is -0.491 e. The summed E-state index contributed by atoms with van der Waals surface area (Å²) < 4.78 is 37.7. The van der Waals surface area contributed by atoms with Crippen LogP contribution >= 0.6 is 11.6 Å². The topological polar surface area (TPSA) is 64.6 Å². The third-order valence-electron chi connectivity index (χ3n) is 3.37. The molecule has 0 bridgehead atoms. The SMILES string of the molecule is COCCOc1ccc(CNS(=O)(=O)c2ccc(Cl)cc2C)cc1. The van der Waals surface area contributed by atoms with Crippen molar-refractivity contribution in [2.75, 3.05) is 20.3 Å². The molecule has 7 heteroatoms. The second kappa shape index (κ2) is 8.48. The number of sulfonamides is 1. The van der Waals surface area contributed by atoms with Crippen molar-refractivity contribution in [1.29, 1.82) is 0 Å². The molecule has 2 rings (SSSR count). The summed E-state index contributed by atoms with van der Waals surface area (Å²) in [5.74, 6) is 0.715. The van der Waals surface area contributed by atoms with Gasteiger partial charge < -0.3 is 9.47 Å². The van der Waals surface area contributed by atoms with Crippen LogP contribution in [-0.4, -0.2) is 28.7 Å². The van der Waals surface area contributed by atoms with Gasteiger partial charge in [0.1, 0.15) is 12.4 Å². The zero-order valence-electron chi connectivity index (χ0n) is 13.6. The fourth-order valence-electron chi connectivity index (χ4n) is 2.12. The molecule has 2 aromatic rings. The molecule has 0 saturated carbocycles. The van der Waals surface area contributed by atoms with Crippen LogP contribution in [0.1, 0.15) is 11.1 Å². The van der Waals surface area contributed by atoms with Gasteiger partial charge in [0, 0.05) is 18.7 Å². The Morgan fingerprint density at radius 2 is 1.79 bits per heavy atom. The molecular formula is C17H20ClNO4S. The van der Waals surface area contributed by atoms with Gasteiger partial charge >= 0.3 is 0 Å². The first kappa shape index (κ1) is 18.7. The Morgan fingerprint density at radius 3 is 2.42 bits per heavy atom. The molecule has 5 nitrogen and oxygen atoms in total. The first-order chi connectivity index (χ1) is 11.4. The molecule has 0 saturated heterocycles. The highest BCUT2D eigenvalue weighted by molar-refractivity contribution is 7.89. The molecule has 2 aromatic carbocycles. The summed E-state index contributed by atoms with van der Waals surface area (Å²) in [6.45, 7) is 2.90. The van der Waals surface area contributed by atoms with Gasteiger partial charge in [-0.2, -0.15) is 0 Å². The quantitative estimate of drug-likeness (QED) is 0.726. The summed E-state index contributed by atoms with van der Waals surface area (Å²) in [6, 6.07) is 11.9. The number of nitrogens with one attached hydrogen (secondary N) is 1. The van der Waals surface area contributed by atoms with E-state index in [2.05, 4.69) is 4.72 Å². The smallest absolute Gasteiger partial charge is 0.241 e. The Morgan fingerprint density at radius 1 is 1.08 bits per heavy atom. The Labute approximate surface area is 147 Å². The third kappa shape index (κ3) is 5.21. The molecule has 0 aliphatic heterocycles. The Kier molecular flexibility index (Phi) is 6.62. The van der Waals surface area contributed by atoms with Crippen molar-refractivity contribution in [3.05, 3.63) is 58.6 Å². The molecular weight excluding hydrogens is 350 g/mol. The van der Waals surface area contributed by atoms with E-state index in [0.29, 0.717) is 29.5 Å². The van der Waals surface area contributed by atoms with Gasteiger partial charge in [-0.15, -0.1) is 0 Å². The molecule has 0 atom stereocenters. The summed E-state index contributed by atoms with van der Waals surface area (Å²) in [7, 11) is -1.98. The van der Waals surface area contributed by atoms with Gasteiger partial charge in [0.05, 0.1) is 11.5 Å². The highest BCUT2D eigenvalue weighted by Gasteiger charge is 2.16. The maximum absolute atomic E-state index is 12.4. The van der Waals surface area contributed by atoms with E-state index >= 15 is 0 Å². The Hall–Kier alpha value is -1.60. The summed E-state index contributed by atoms with van der Waals surface area (Å²) in [4.78, 5) is 0.228. The maximum atomic E-state index is 12.4. The van der Waals surface area contributed by atoms with Crippen LogP contribution in [0.2, 0.25) is 5.02 Å². The normalized spacial score (nSPS) is 11.5. The molecule has 0 aromatic heterocycles. The van der Waals surface area contributed by atoms with Crippen LogP contribution in [0.3, 0.4) is 0 Å². The van der Waals surface area contributed by atoms with Crippen LogP contribution in [0.5, 0.6) is 5.75 Å². The molecule has 0 heterocycles. The van der Waals surface area contributed by atoms with Gasteiger partial charge in [0.2, 0.25) is 10.0 Å². The summed E-state index contributed by atoms with van der Waals surface area (Å²) in [6.07, 6.45) is 0. The standard InChI is InChI=1S/C17H20ClNO4S/c1-13-11-15(18)5-8-17(13)24(20,21)19-12-14-3-6-16(7-4-14)23-10-9-22-2/h3-8,11,19H,9-10,12H2,1-2H3. The lowest BCUT2D eigenvalue weighted by Gasteiger charge is -2.10. The zero-order chi connectivity index (χ0) is 17.6. The number of aryl methyl sites for hydroxylation is 1. The number of benzene rings is 2. The number of methoxy groups -OCH3 is 1. The van der Waals surface area contributed by atoms with Gasteiger partial charge in [-0.3, -0.25) is 0 Å². The van der Waals surface area contributed by atoms with E-state index in [1.165, 1.54) is 6.07 Å².